The molecular weight excluding hydrogens is 252 g/mol. The van der Waals surface area contributed by atoms with Gasteiger partial charge in [0.1, 0.15) is 11.5 Å². The minimum absolute atomic E-state index is 0.566. The number of rotatable bonds is 5. The van der Waals surface area contributed by atoms with Gasteiger partial charge in [0.05, 0.1) is 20.3 Å². The molecule has 0 aliphatic carbocycles. The molecule has 2 rings (SSSR count). The number of benzene rings is 2. The van der Waals surface area contributed by atoms with Gasteiger partial charge in [-0.05, 0) is 30.2 Å². The Labute approximate surface area is 119 Å². The van der Waals surface area contributed by atoms with Crippen molar-refractivity contribution in [1.29, 1.82) is 0 Å². The van der Waals surface area contributed by atoms with Crippen molar-refractivity contribution >= 4 is 0 Å². The maximum Gasteiger partial charge on any atom is 0.122 e. The van der Waals surface area contributed by atoms with Crippen molar-refractivity contribution in [1.82, 2.24) is 0 Å². The molecule has 106 valence electrons. The van der Waals surface area contributed by atoms with Gasteiger partial charge >= 0.3 is 0 Å². The van der Waals surface area contributed by atoms with Gasteiger partial charge in [-0.25, -0.2) is 0 Å². The van der Waals surface area contributed by atoms with Crippen LogP contribution in [0.5, 0.6) is 11.5 Å². The molecule has 0 saturated heterocycles. The number of hydrogen-bond acceptors (Lipinski definition) is 3. The first-order chi connectivity index (χ1) is 9.62. The van der Waals surface area contributed by atoms with E-state index >= 15 is 0 Å². The third-order valence-corrected chi connectivity index (χ3v) is 3.31. The zero-order valence-corrected chi connectivity index (χ0v) is 12.1. The van der Waals surface area contributed by atoms with Crippen LogP contribution in [0.15, 0.2) is 42.5 Å². The predicted octanol–water partition coefficient (Wildman–Crippen LogP) is 3.29. The van der Waals surface area contributed by atoms with Crippen molar-refractivity contribution in [2.45, 2.75) is 19.4 Å². The van der Waals surface area contributed by atoms with Gasteiger partial charge in [-0.15, -0.1) is 0 Å². The monoisotopic (exact) mass is 272 g/mol. The van der Waals surface area contributed by atoms with E-state index in [1.54, 1.807) is 20.3 Å². The summed E-state index contributed by atoms with van der Waals surface area (Å²) in [5, 5.41) is 10.4. The van der Waals surface area contributed by atoms with Crippen LogP contribution in [0.4, 0.5) is 0 Å². The van der Waals surface area contributed by atoms with Crippen LogP contribution in [0.3, 0.4) is 0 Å². The smallest absolute Gasteiger partial charge is 0.122 e. The van der Waals surface area contributed by atoms with Crippen molar-refractivity contribution in [3.63, 3.8) is 0 Å². The first kappa shape index (κ1) is 14.4. The minimum atomic E-state index is -0.582. The highest BCUT2D eigenvalue weighted by Crippen LogP contribution is 2.28. The number of aliphatic hydroxyl groups is 1. The molecule has 2 aromatic carbocycles. The number of hydrogen-bond donors (Lipinski definition) is 1. The lowest BCUT2D eigenvalue weighted by Crippen LogP contribution is -2.03. The minimum Gasteiger partial charge on any atom is -0.497 e. The SMILES string of the molecule is COc1cc(OC)cc(C(O)Cc2ccc(C)cc2)c1. The number of ether oxygens (including phenoxy) is 2. The maximum atomic E-state index is 10.4. The van der Waals surface area contributed by atoms with Gasteiger partial charge in [0, 0.05) is 12.5 Å². The Morgan fingerprint density at radius 2 is 1.50 bits per heavy atom. The third kappa shape index (κ3) is 3.52. The summed E-state index contributed by atoms with van der Waals surface area (Å²) in [6, 6.07) is 13.6. The van der Waals surface area contributed by atoms with Gasteiger partial charge in [-0.2, -0.15) is 0 Å². The van der Waals surface area contributed by atoms with Crippen LogP contribution in [0.1, 0.15) is 22.8 Å². The number of aliphatic hydroxyl groups excluding tert-OH is 1. The van der Waals surface area contributed by atoms with Gasteiger partial charge in [-0.1, -0.05) is 29.8 Å². The number of aryl methyl sites for hydroxylation is 1. The quantitative estimate of drug-likeness (QED) is 0.907. The van der Waals surface area contributed by atoms with Crippen LogP contribution in [0, 0.1) is 6.92 Å². The summed E-state index contributed by atoms with van der Waals surface area (Å²) in [4.78, 5) is 0. The zero-order valence-electron chi connectivity index (χ0n) is 12.1. The second-order valence-electron chi connectivity index (χ2n) is 4.85. The highest BCUT2D eigenvalue weighted by atomic mass is 16.5. The molecule has 1 N–H and O–H groups in total. The summed E-state index contributed by atoms with van der Waals surface area (Å²) in [5.41, 5.74) is 3.11. The molecule has 0 spiro atoms. The van der Waals surface area contributed by atoms with Gasteiger partial charge in [-0.3, -0.25) is 0 Å². The zero-order chi connectivity index (χ0) is 14.5. The molecule has 0 bridgehead atoms. The van der Waals surface area contributed by atoms with Gasteiger partial charge in [0.25, 0.3) is 0 Å². The van der Waals surface area contributed by atoms with Crippen LogP contribution in [0.2, 0.25) is 0 Å². The van der Waals surface area contributed by atoms with Crippen molar-refractivity contribution < 1.29 is 14.6 Å². The molecule has 0 aromatic heterocycles. The van der Waals surface area contributed by atoms with Crippen molar-refractivity contribution in [2.75, 3.05) is 14.2 Å². The van der Waals surface area contributed by atoms with Crippen molar-refractivity contribution in [3.05, 3.63) is 59.2 Å². The predicted molar refractivity (Wildman–Crippen MR) is 79.4 cm³/mol. The summed E-state index contributed by atoms with van der Waals surface area (Å²) in [6.07, 6.45) is -0.0157. The fraction of sp³-hybridized carbons (Fsp3) is 0.294. The Balaban J connectivity index is 2.19. The Kier molecular flexibility index (Phi) is 4.64. The molecule has 0 radical (unpaired) electrons. The van der Waals surface area contributed by atoms with Crippen molar-refractivity contribution in [3.8, 4) is 11.5 Å². The average molecular weight is 272 g/mol. The van der Waals surface area contributed by atoms with Gasteiger partial charge in [0.15, 0.2) is 0 Å². The summed E-state index contributed by atoms with van der Waals surface area (Å²) in [5.74, 6) is 1.37. The largest absolute Gasteiger partial charge is 0.497 e. The molecule has 0 aliphatic heterocycles. The molecule has 0 saturated carbocycles. The summed E-state index contributed by atoms with van der Waals surface area (Å²) in [6.45, 7) is 2.05. The van der Waals surface area contributed by atoms with E-state index in [1.165, 1.54) is 5.56 Å². The van der Waals surface area contributed by atoms with Crippen molar-refractivity contribution in [2.24, 2.45) is 0 Å². The molecule has 0 heterocycles. The molecule has 20 heavy (non-hydrogen) atoms. The highest BCUT2D eigenvalue weighted by molar-refractivity contribution is 5.40. The summed E-state index contributed by atoms with van der Waals surface area (Å²) in [7, 11) is 3.20. The maximum absolute atomic E-state index is 10.4. The second kappa shape index (κ2) is 6.44. The van der Waals surface area contributed by atoms with Crippen LogP contribution in [-0.4, -0.2) is 19.3 Å². The summed E-state index contributed by atoms with van der Waals surface area (Å²) >= 11 is 0. The van der Waals surface area contributed by atoms with E-state index in [1.807, 2.05) is 43.3 Å². The van der Waals surface area contributed by atoms with E-state index in [-0.39, 0.29) is 0 Å². The molecule has 3 heteroatoms. The van der Waals surface area contributed by atoms with Gasteiger partial charge < -0.3 is 14.6 Å². The first-order valence-corrected chi connectivity index (χ1v) is 6.59. The molecule has 2 aromatic rings. The van der Waals surface area contributed by atoms with Crippen LogP contribution in [0.25, 0.3) is 0 Å². The van der Waals surface area contributed by atoms with Crippen LogP contribution in [-0.2, 0) is 6.42 Å². The Bertz CT molecular complexity index is 539. The Hall–Kier alpha value is -2.00. The third-order valence-electron chi connectivity index (χ3n) is 3.31. The fourth-order valence-electron chi connectivity index (χ4n) is 2.09. The molecule has 1 unspecified atom stereocenters. The Morgan fingerprint density at radius 3 is 2.00 bits per heavy atom. The number of methoxy groups -OCH3 is 2. The molecule has 0 amide bonds. The van der Waals surface area contributed by atoms with E-state index in [0.717, 1.165) is 11.1 Å². The van der Waals surface area contributed by atoms with Gasteiger partial charge in [0.2, 0.25) is 0 Å². The first-order valence-electron chi connectivity index (χ1n) is 6.59. The molecule has 0 fully saturated rings. The molecule has 3 nitrogen and oxygen atoms in total. The Morgan fingerprint density at radius 1 is 0.950 bits per heavy atom. The molecule has 0 aliphatic rings. The fourth-order valence-corrected chi connectivity index (χ4v) is 2.09. The molecular formula is C17H20O3. The lowest BCUT2D eigenvalue weighted by molar-refractivity contribution is 0.177. The lowest BCUT2D eigenvalue weighted by Gasteiger charge is -2.14. The normalized spacial score (nSPS) is 12.0. The van der Waals surface area contributed by atoms with E-state index < -0.39 is 6.10 Å². The topological polar surface area (TPSA) is 38.7 Å². The van der Waals surface area contributed by atoms with E-state index in [4.69, 9.17) is 9.47 Å². The second-order valence-corrected chi connectivity index (χ2v) is 4.85. The summed E-state index contributed by atoms with van der Waals surface area (Å²) < 4.78 is 10.4. The molecule has 1 atom stereocenters. The van der Waals surface area contributed by atoms with E-state index in [2.05, 4.69) is 0 Å². The van der Waals surface area contributed by atoms with Crippen LogP contribution >= 0.6 is 0 Å². The van der Waals surface area contributed by atoms with Crippen LogP contribution < -0.4 is 9.47 Å². The van der Waals surface area contributed by atoms with E-state index in [9.17, 15) is 5.11 Å². The standard InChI is InChI=1S/C17H20O3/c1-12-4-6-13(7-5-12)8-17(18)14-9-15(19-2)11-16(10-14)20-3/h4-7,9-11,17-18H,8H2,1-3H3. The average Bonchev–Trinajstić information content (AvgIpc) is 2.48. The highest BCUT2D eigenvalue weighted by Gasteiger charge is 2.12. The van der Waals surface area contributed by atoms with E-state index in [0.29, 0.717) is 17.9 Å². The lowest BCUT2D eigenvalue weighted by atomic mass is 10.0.